The lowest BCUT2D eigenvalue weighted by Crippen LogP contribution is -2.48. The zero-order chi connectivity index (χ0) is 18.9. The van der Waals surface area contributed by atoms with Gasteiger partial charge in [-0.2, -0.15) is 0 Å². The number of carbonyl (C=O) groups excluding carboxylic acids is 1. The normalized spacial score (nSPS) is 19.6. The highest BCUT2D eigenvalue weighted by molar-refractivity contribution is 7.90. The maximum atomic E-state index is 12.6. The molecule has 2 aromatic rings. The Balaban J connectivity index is 1.29. The molecule has 10 heteroatoms. The van der Waals surface area contributed by atoms with Crippen LogP contribution in [-0.2, 0) is 10.0 Å². The average molecular weight is 408 g/mol. The molecule has 27 heavy (non-hydrogen) atoms. The van der Waals surface area contributed by atoms with Crippen LogP contribution in [0, 0.1) is 0 Å². The lowest BCUT2D eigenvalue weighted by atomic mass is 10.3. The Kier molecular flexibility index (Phi) is 5.02. The van der Waals surface area contributed by atoms with E-state index in [9.17, 15) is 13.2 Å². The smallest absolute Gasteiger partial charge is 0.336 e. The summed E-state index contributed by atoms with van der Waals surface area (Å²) in [7, 11) is -3.74. The van der Waals surface area contributed by atoms with E-state index in [-0.39, 0.29) is 11.4 Å². The summed E-state index contributed by atoms with van der Waals surface area (Å²) < 4.78 is 26.2. The lowest BCUT2D eigenvalue weighted by Gasteiger charge is -2.35. The highest BCUT2D eigenvalue weighted by atomic mass is 32.2. The van der Waals surface area contributed by atoms with E-state index in [0.717, 1.165) is 42.8 Å². The number of piperazine rings is 1. The van der Waals surface area contributed by atoms with Crippen molar-refractivity contribution in [2.24, 2.45) is 0 Å². The number of nitrogens with zero attached hydrogens (tertiary/aromatic N) is 4. The summed E-state index contributed by atoms with van der Waals surface area (Å²) in [5, 5.41) is 4.74. The van der Waals surface area contributed by atoms with E-state index in [1.54, 1.807) is 17.6 Å². The molecule has 4 rings (SSSR count). The van der Waals surface area contributed by atoms with Crippen molar-refractivity contribution in [2.75, 3.05) is 49.5 Å². The van der Waals surface area contributed by atoms with Crippen molar-refractivity contribution in [2.45, 2.75) is 11.3 Å². The Morgan fingerprint density at radius 3 is 2.67 bits per heavy atom. The Morgan fingerprint density at radius 2 is 1.93 bits per heavy atom. The molecule has 0 aliphatic carbocycles. The number of thiophene rings is 1. The molecule has 0 saturated carbocycles. The van der Waals surface area contributed by atoms with E-state index in [2.05, 4.69) is 20.1 Å². The molecule has 4 heterocycles. The molecule has 144 valence electrons. The van der Waals surface area contributed by atoms with Crippen molar-refractivity contribution in [1.82, 2.24) is 14.2 Å². The third kappa shape index (κ3) is 3.64. The Bertz CT molecular complexity index is 908. The van der Waals surface area contributed by atoms with Crippen LogP contribution in [0.15, 0.2) is 40.7 Å². The molecule has 2 aliphatic rings. The van der Waals surface area contributed by atoms with Crippen LogP contribution >= 0.6 is 11.3 Å². The quantitative estimate of drug-likeness (QED) is 0.815. The average Bonchev–Trinajstić information content (AvgIpc) is 3.15. The number of rotatable bonds is 5. The number of carbonyl (C=O) groups is 1. The van der Waals surface area contributed by atoms with E-state index < -0.39 is 16.1 Å². The van der Waals surface area contributed by atoms with Gasteiger partial charge in [0.2, 0.25) is 0 Å². The summed E-state index contributed by atoms with van der Waals surface area (Å²) in [6, 6.07) is 6.87. The minimum atomic E-state index is -3.74. The van der Waals surface area contributed by atoms with E-state index in [1.807, 2.05) is 18.2 Å². The largest absolute Gasteiger partial charge is 0.354 e. The summed E-state index contributed by atoms with van der Waals surface area (Å²) >= 11 is 1.22. The fourth-order valence-corrected chi connectivity index (χ4v) is 5.99. The molecule has 8 nitrogen and oxygen atoms in total. The number of pyridine rings is 1. The van der Waals surface area contributed by atoms with Crippen molar-refractivity contribution in [3.05, 3.63) is 35.8 Å². The summed E-state index contributed by atoms with van der Waals surface area (Å²) in [6.45, 7) is 4.50. The van der Waals surface area contributed by atoms with Crippen LogP contribution in [0.25, 0.3) is 0 Å². The van der Waals surface area contributed by atoms with Crippen LogP contribution in [0.4, 0.5) is 15.6 Å². The van der Waals surface area contributed by atoms with Crippen molar-refractivity contribution >= 4 is 38.2 Å². The summed E-state index contributed by atoms with van der Waals surface area (Å²) in [5.74, 6) is 0.986. The molecule has 2 aromatic heterocycles. The van der Waals surface area contributed by atoms with Gasteiger partial charge in [-0.3, -0.25) is 10.2 Å². The van der Waals surface area contributed by atoms with Crippen LogP contribution < -0.4 is 10.2 Å². The molecular weight excluding hydrogens is 386 g/mol. The van der Waals surface area contributed by atoms with Crippen LogP contribution in [0.5, 0.6) is 0 Å². The molecule has 2 aliphatic heterocycles. The molecule has 0 radical (unpaired) electrons. The number of sulfonamides is 1. The first-order valence-electron chi connectivity index (χ1n) is 8.85. The van der Waals surface area contributed by atoms with E-state index in [4.69, 9.17) is 0 Å². The molecule has 0 atom stereocenters. The fourth-order valence-electron chi connectivity index (χ4n) is 3.38. The number of fused-ring (bicyclic) bond motifs is 1. The van der Waals surface area contributed by atoms with Gasteiger partial charge in [-0.15, -0.1) is 11.3 Å². The van der Waals surface area contributed by atoms with Crippen LogP contribution in [0.1, 0.15) is 6.42 Å². The molecule has 0 aromatic carbocycles. The maximum absolute atomic E-state index is 12.6. The van der Waals surface area contributed by atoms with Gasteiger partial charge >= 0.3 is 6.03 Å². The third-order valence-electron chi connectivity index (χ3n) is 4.83. The summed E-state index contributed by atoms with van der Waals surface area (Å²) in [4.78, 5) is 21.3. The number of hydrogen-bond donors (Lipinski definition) is 1. The minimum Gasteiger partial charge on any atom is -0.354 e. The molecule has 0 spiro atoms. The third-order valence-corrected chi connectivity index (χ3v) is 7.61. The Labute approximate surface area is 162 Å². The molecular formula is C17H21N5O3S2. The highest BCUT2D eigenvalue weighted by Gasteiger charge is 2.37. The molecule has 1 N–H and O–H groups in total. The van der Waals surface area contributed by atoms with Crippen molar-refractivity contribution in [3.63, 3.8) is 0 Å². The Hall–Kier alpha value is -2.17. The van der Waals surface area contributed by atoms with Crippen LogP contribution in [0.2, 0.25) is 0 Å². The zero-order valence-electron chi connectivity index (χ0n) is 14.7. The molecule has 1 fully saturated rings. The molecule has 2 amide bonds. The number of nitrogens with one attached hydrogen (secondary N) is 1. The van der Waals surface area contributed by atoms with Gasteiger partial charge in [0, 0.05) is 45.5 Å². The van der Waals surface area contributed by atoms with Gasteiger partial charge in [0.1, 0.15) is 15.7 Å². The Morgan fingerprint density at radius 1 is 1.11 bits per heavy atom. The lowest BCUT2D eigenvalue weighted by molar-refractivity contribution is 0.225. The van der Waals surface area contributed by atoms with Gasteiger partial charge in [-0.1, -0.05) is 6.07 Å². The summed E-state index contributed by atoms with van der Waals surface area (Å²) in [5.41, 5.74) is 0. The van der Waals surface area contributed by atoms with Gasteiger partial charge in [-0.05, 0) is 30.0 Å². The number of amides is 2. The number of urea groups is 1. The molecule has 1 saturated heterocycles. The number of hydrogen-bond acceptors (Lipinski definition) is 7. The van der Waals surface area contributed by atoms with Crippen molar-refractivity contribution in [3.8, 4) is 0 Å². The monoisotopic (exact) mass is 407 g/mol. The van der Waals surface area contributed by atoms with Gasteiger partial charge < -0.3 is 4.90 Å². The van der Waals surface area contributed by atoms with Crippen LogP contribution in [-0.4, -0.2) is 67.9 Å². The van der Waals surface area contributed by atoms with Crippen molar-refractivity contribution < 1.29 is 13.2 Å². The standard InChI is InChI=1S/C17H21N5O3S2/c23-17-19-16-14(5-13-26-16)27(24,25)22(17)8-3-7-20-9-11-21(12-10-20)15-4-1-2-6-18-15/h1-2,4-6,13H,3,7-12H2,(H,19,23). The number of anilines is 2. The first-order valence-corrected chi connectivity index (χ1v) is 11.2. The first kappa shape index (κ1) is 18.2. The molecule has 0 bridgehead atoms. The van der Waals surface area contributed by atoms with E-state index >= 15 is 0 Å². The zero-order valence-corrected chi connectivity index (χ0v) is 16.4. The topological polar surface area (TPSA) is 85.8 Å². The maximum Gasteiger partial charge on any atom is 0.336 e. The van der Waals surface area contributed by atoms with Gasteiger partial charge in [0.15, 0.2) is 0 Å². The van der Waals surface area contributed by atoms with E-state index in [0.29, 0.717) is 11.4 Å². The van der Waals surface area contributed by atoms with Gasteiger partial charge in [0.05, 0.1) is 0 Å². The highest BCUT2D eigenvalue weighted by Crippen LogP contribution is 2.34. The predicted molar refractivity (Wildman–Crippen MR) is 105 cm³/mol. The minimum absolute atomic E-state index is 0.184. The van der Waals surface area contributed by atoms with Gasteiger partial charge in [-0.25, -0.2) is 22.5 Å². The van der Waals surface area contributed by atoms with E-state index in [1.165, 1.54) is 11.3 Å². The molecule has 0 unspecified atom stereocenters. The predicted octanol–water partition coefficient (Wildman–Crippen LogP) is 1.89. The van der Waals surface area contributed by atoms with Gasteiger partial charge in [0.25, 0.3) is 10.0 Å². The second kappa shape index (κ2) is 7.45. The second-order valence-electron chi connectivity index (χ2n) is 6.49. The first-order chi connectivity index (χ1) is 13.1. The number of aromatic nitrogens is 1. The summed E-state index contributed by atoms with van der Waals surface area (Å²) in [6.07, 6.45) is 2.40. The van der Waals surface area contributed by atoms with Crippen molar-refractivity contribution in [1.29, 1.82) is 0 Å². The SMILES string of the molecule is O=C1Nc2sccc2S(=O)(=O)N1CCCN1CCN(c2ccccn2)CC1. The fraction of sp³-hybridized carbons (Fsp3) is 0.412. The second-order valence-corrected chi connectivity index (χ2v) is 9.24. The van der Waals surface area contributed by atoms with Crippen LogP contribution in [0.3, 0.4) is 0 Å².